The molecule has 5 nitrogen and oxygen atoms in total. The minimum Gasteiger partial charge on any atom is -0.399 e. The highest BCUT2D eigenvalue weighted by Gasteiger charge is 2.16. The predicted molar refractivity (Wildman–Crippen MR) is 66.4 cm³/mol. The van der Waals surface area contributed by atoms with E-state index in [1.807, 2.05) is 6.92 Å². The van der Waals surface area contributed by atoms with E-state index in [0.717, 1.165) is 5.56 Å². The summed E-state index contributed by atoms with van der Waals surface area (Å²) in [5, 5.41) is 0. The number of carbonyl (C=O) groups is 2. The number of rotatable bonds is 4. The van der Waals surface area contributed by atoms with Crippen LogP contribution in [0.4, 0.5) is 5.69 Å². The van der Waals surface area contributed by atoms with Crippen LogP contribution in [0.3, 0.4) is 0 Å². The van der Waals surface area contributed by atoms with E-state index in [9.17, 15) is 9.59 Å². The molecular formula is C12H17N3O2. The smallest absolute Gasteiger partial charge is 0.254 e. The lowest BCUT2D eigenvalue weighted by molar-refractivity contribution is -0.118. The number of primary amides is 1. The number of aryl methyl sites for hydroxylation is 1. The number of nitrogens with two attached hydrogens (primary N) is 2. The summed E-state index contributed by atoms with van der Waals surface area (Å²) in [6, 6.07) is 5.04. The van der Waals surface area contributed by atoms with E-state index < -0.39 is 5.91 Å². The van der Waals surface area contributed by atoms with Gasteiger partial charge in [-0.25, -0.2) is 0 Å². The van der Waals surface area contributed by atoms with E-state index in [1.165, 1.54) is 4.90 Å². The molecule has 0 bridgehead atoms. The van der Waals surface area contributed by atoms with Crippen molar-refractivity contribution in [1.29, 1.82) is 0 Å². The van der Waals surface area contributed by atoms with Gasteiger partial charge in [0.25, 0.3) is 5.91 Å². The average Bonchev–Trinajstić information content (AvgIpc) is 2.28. The molecule has 17 heavy (non-hydrogen) atoms. The van der Waals surface area contributed by atoms with E-state index in [2.05, 4.69) is 0 Å². The number of nitrogens with zero attached hydrogens (tertiary/aromatic N) is 1. The molecule has 0 aromatic heterocycles. The number of nitrogen functional groups attached to an aromatic ring is 1. The van der Waals surface area contributed by atoms with Crippen molar-refractivity contribution in [3.63, 3.8) is 0 Å². The van der Waals surface area contributed by atoms with Gasteiger partial charge in [0.05, 0.1) is 6.54 Å². The van der Waals surface area contributed by atoms with Crippen LogP contribution >= 0.6 is 0 Å². The molecule has 0 spiro atoms. The van der Waals surface area contributed by atoms with Crippen LogP contribution in [0.2, 0.25) is 0 Å². The first-order valence-corrected chi connectivity index (χ1v) is 5.39. The number of likely N-dealkylation sites (N-methyl/N-ethyl adjacent to an activating group) is 1. The summed E-state index contributed by atoms with van der Waals surface area (Å²) >= 11 is 0. The lowest BCUT2D eigenvalue weighted by Gasteiger charge is -2.19. The molecule has 0 aliphatic rings. The van der Waals surface area contributed by atoms with Crippen molar-refractivity contribution in [2.75, 3.05) is 18.8 Å². The molecule has 0 radical (unpaired) electrons. The van der Waals surface area contributed by atoms with Crippen molar-refractivity contribution < 1.29 is 9.59 Å². The van der Waals surface area contributed by atoms with Gasteiger partial charge in [-0.3, -0.25) is 9.59 Å². The Balaban J connectivity index is 2.93. The number of hydrogen-bond acceptors (Lipinski definition) is 3. The Morgan fingerprint density at radius 3 is 2.47 bits per heavy atom. The lowest BCUT2D eigenvalue weighted by atomic mass is 10.1. The summed E-state index contributed by atoms with van der Waals surface area (Å²) in [5.41, 5.74) is 12.8. The van der Waals surface area contributed by atoms with Gasteiger partial charge in [0, 0.05) is 17.8 Å². The molecule has 1 aromatic rings. The molecular weight excluding hydrogens is 218 g/mol. The molecule has 0 aliphatic carbocycles. The SMILES string of the molecule is CCN(CC(N)=O)C(=O)c1ccc(N)c(C)c1. The molecule has 0 aliphatic heterocycles. The molecule has 2 amide bonds. The third-order valence-corrected chi connectivity index (χ3v) is 2.53. The summed E-state index contributed by atoms with van der Waals surface area (Å²) in [7, 11) is 0. The highest BCUT2D eigenvalue weighted by atomic mass is 16.2. The first kappa shape index (κ1) is 13.0. The second-order valence-corrected chi connectivity index (χ2v) is 3.86. The van der Waals surface area contributed by atoms with Crippen molar-refractivity contribution >= 4 is 17.5 Å². The molecule has 0 saturated heterocycles. The fraction of sp³-hybridized carbons (Fsp3) is 0.333. The second kappa shape index (κ2) is 5.34. The number of anilines is 1. The van der Waals surface area contributed by atoms with Crippen molar-refractivity contribution in [1.82, 2.24) is 4.90 Å². The first-order chi connectivity index (χ1) is 7.95. The number of benzene rings is 1. The molecule has 0 unspecified atom stereocenters. The topological polar surface area (TPSA) is 89.4 Å². The summed E-state index contributed by atoms with van der Waals surface area (Å²) in [6.07, 6.45) is 0. The molecule has 0 heterocycles. The third-order valence-electron chi connectivity index (χ3n) is 2.53. The highest BCUT2D eigenvalue weighted by Crippen LogP contribution is 2.14. The molecule has 92 valence electrons. The van der Waals surface area contributed by atoms with Crippen molar-refractivity contribution in [3.8, 4) is 0 Å². The highest BCUT2D eigenvalue weighted by molar-refractivity contribution is 5.96. The number of carbonyl (C=O) groups excluding carboxylic acids is 2. The quantitative estimate of drug-likeness (QED) is 0.746. The van der Waals surface area contributed by atoms with Gasteiger partial charge in [-0.15, -0.1) is 0 Å². The van der Waals surface area contributed by atoms with Crippen LogP contribution in [-0.2, 0) is 4.79 Å². The zero-order valence-electron chi connectivity index (χ0n) is 10.1. The minimum atomic E-state index is -0.521. The fourth-order valence-electron chi connectivity index (χ4n) is 1.51. The Bertz CT molecular complexity index is 443. The largest absolute Gasteiger partial charge is 0.399 e. The Hall–Kier alpha value is -2.04. The van der Waals surface area contributed by atoms with Crippen molar-refractivity contribution in [2.45, 2.75) is 13.8 Å². The zero-order valence-corrected chi connectivity index (χ0v) is 10.1. The molecule has 1 rings (SSSR count). The van der Waals surface area contributed by atoms with E-state index in [1.54, 1.807) is 25.1 Å². The van der Waals surface area contributed by atoms with Gasteiger partial charge in [0.15, 0.2) is 0 Å². The van der Waals surface area contributed by atoms with Gasteiger partial charge < -0.3 is 16.4 Å². The van der Waals surface area contributed by atoms with Crippen LogP contribution in [0.15, 0.2) is 18.2 Å². The monoisotopic (exact) mass is 235 g/mol. The van der Waals surface area contributed by atoms with Crippen LogP contribution in [0.25, 0.3) is 0 Å². The van der Waals surface area contributed by atoms with Gasteiger partial charge in [-0.2, -0.15) is 0 Å². The van der Waals surface area contributed by atoms with Crippen LogP contribution in [0, 0.1) is 6.92 Å². The van der Waals surface area contributed by atoms with E-state index in [4.69, 9.17) is 11.5 Å². The van der Waals surface area contributed by atoms with Crippen molar-refractivity contribution in [3.05, 3.63) is 29.3 Å². The van der Waals surface area contributed by atoms with Crippen LogP contribution in [0.1, 0.15) is 22.8 Å². The molecule has 1 aromatic carbocycles. The standard InChI is InChI=1S/C12H17N3O2/c1-3-15(7-11(14)16)12(17)9-4-5-10(13)8(2)6-9/h4-6H,3,7,13H2,1-2H3,(H2,14,16). The Labute approximate surface area is 100 Å². The maximum atomic E-state index is 12.1. The van der Waals surface area contributed by atoms with Gasteiger partial charge in [0.1, 0.15) is 0 Å². The average molecular weight is 235 g/mol. The van der Waals surface area contributed by atoms with E-state index in [0.29, 0.717) is 17.8 Å². The van der Waals surface area contributed by atoms with E-state index in [-0.39, 0.29) is 12.5 Å². The lowest BCUT2D eigenvalue weighted by Crippen LogP contribution is -2.38. The van der Waals surface area contributed by atoms with Crippen LogP contribution in [-0.4, -0.2) is 29.8 Å². The summed E-state index contributed by atoms with van der Waals surface area (Å²) < 4.78 is 0. The maximum absolute atomic E-state index is 12.1. The Kier molecular flexibility index (Phi) is 4.09. The van der Waals surface area contributed by atoms with Crippen LogP contribution < -0.4 is 11.5 Å². The molecule has 0 saturated carbocycles. The van der Waals surface area contributed by atoms with Gasteiger partial charge in [0.2, 0.25) is 5.91 Å². The molecule has 4 N–H and O–H groups in total. The fourth-order valence-corrected chi connectivity index (χ4v) is 1.51. The van der Waals surface area contributed by atoms with Gasteiger partial charge in [-0.1, -0.05) is 0 Å². The zero-order chi connectivity index (χ0) is 13.0. The van der Waals surface area contributed by atoms with Crippen molar-refractivity contribution in [2.24, 2.45) is 5.73 Å². The second-order valence-electron chi connectivity index (χ2n) is 3.86. The first-order valence-electron chi connectivity index (χ1n) is 5.39. The third kappa shape index (κ3) is 3.21. The summed E-state index contributed by atoms with van der Waals surface area (Å²) in [4.78, 5) is 24.3. The predicted octanol–water partition coefficient (Wildman–Crippen LogP) is 0.525. The molecule has 0 fully saturated rings. The maximum Gasteiger partial charge on any atom is 0.254 e. The van der Waals surface area contributed by atoms with Gasteiger partial charge >= 0.3 is 0 Å². The number of amides is 2. The number of hydrogen-bond donors (Lipinski definition) is 2. The Morgan fingerprint density at radius 1 is 1.35 bits per heavy atom. The summed E-state index contributed by atoms with van der Waals surface area (Å²) in [6.45, 7) is 3.99. The van der Waals surface area contributed by atoms with Gasteiger partial charge in [-0.05, 0) is 37.6 Å². The Morgan fingerprint density at radius 2 is 2.00 bits per heavy atom. The normalized spacial score (nSPS) is 10.0. The van der Waals surface area contributed by atoms with Crippen LogP contribution in [0.5, 0.6) is 0 Å². The summed E-state index contributed by atoms with van der Waals surface area (Å²) in [5.74, 6) is -0.734. The molecule has 0 atom stereocenters. The molecule has 5 heteroatoms. The van der Waals surface area contributed by atoms with E-state index >= 15 is 0 Å². The minimum absolute atomic E-state index is 0.0707.